The molecule has 178 valence electrons. The van der Waals surface area contributed by atoms with Crippen LogP contribution < -0.4 is 9.47 Å². The molecule has 0 unspecified atom stereocenters. The summed E-state index contributed by atoms with van der Waals surface area (Å²) in [7, 11) is 1.44. The molecular formula is C25H25ClFN3O4. The number of aromatic nitrogens is 3. The second kappa shape index (κ2) is 10.8. The number of ether oxygens (including phenoxy) is 3. The van der Waals surface area contributed by atoms with Gasteiger partial charge in [0.05, 0.1) is 38.2 Å². The second-order valence-electron chi connectivity index (χ2n) is 8.02. The molecule has 1 aliphatic rings. The summed E-state index contributed by atoms with van der Waals surface area (Å²) >= 11 is 6.30. The van der Waals surface area contributed by atoms with Gasteiger partial charge in [0.2, 0.25) is 5.88 Å². The molecule has 0 N–H and O–H groups in total. The molecule has 0 spiro atoms. The van der Waals surface area contributed by atoms with Gasteiger partial charge in [-0.1, -0.05) is 23.7 Å². The molecule has 2 heterocycles. The number of carbonyl (C=O) groups excluding carboxylic acids is 1. The number of methoxy groups -OCH3 is 1. The van der Waals surface area contributed by atoms with Gasteiger partial charge in [-0.25, -0.2) is 14.4 Å². The van der Waals surface area contributed by atoms with Gasteiger partial charge in [0.25, 0.3) is 0 Å². The monoisotopic (exact) mass is 485 g/mol. The first kappa shape index (κ1) is 23.9. The number of hydrogen-bond donors (Lipinski definition) is 0. The Bertz CT molecular complexity index is 1170. The quantitative estimate of drug-likeness (QED) is 0.357. The van der Waals surface area contributed by atoms with E-state index in [1.807, 2.05) is 31.2 Å². The van der Waals surface area contributed by atoms with Gasteiger partial charge in [0.1, 0.15) is 18.1 Å². The van der Waals surface area contributed by atoms with E-state index in [0.29, 0.717) is 30.4 Å². The summed E-state index contributed by atoms with van der Waals surface area (Å²) in [5.41, 5.74) is 1.88. The third-order valence-electron chi connectivity index (χ3n) is 5.63. The fourth-order valence-corrected chi connectivity index (χ4v) is 4.07. The van der Waals surface area contributed by atoms with Gasteiger partial charge in [-0.15, -0.1) is 0 Å². The zero-order valence-corrected chi connectivity index (χ0v) is 19.7. The first-order valence-electron chi connectivity index (χ1n) is 11.1. The van der Waals surface area contributed by atoms with Crippen LogP contribution in [0.4, 0.5) is 4.39 Å². The van der Waals surface area contributed by atoms with Crippen LogP contribution in [0, 0.1) is 11.7 Å². The summed E-state index contributed by atoms with van der Waals surface area (Å²) in [6, 6.07) is 9.13. The van der Waals surface area contributed by atoms with Crippen molar-refractivity contribution in [3.8, 4) is 22.9 Å². The first-order chi connectivity index (χ1) is 16.5. The van der Waals surface area contributed by atoms with E-state index in [1.54, 1.807) is 0 Å². The minimum Gasteiger partial charge on any atom is -0.487 e. The minimum atomic E-state index is -0.578. The zero-order valence-electron chi connectivity index (χ0n) is 19.0. The van der Waals surface area contributed by atoms with E-state index in [4.69, 9.17) is 25.8 Å². The average Bonchev–Trinajstić information content (AvgIpc) is 3.68. The first-order valence-corrected chi connectivity index (χ1v) is 11.5. The molecule has 1 aromatic carbocycles. The number of nitrogens with zero attached hydrogens (tertiary/aromatic N) is 3. The molecule has 0 aliphatic heterocycles. The molecule has 7 nitrogen and oxygen atoms in total. The van der Waals surface area contributed by atoms with Crippen molar-refractivity contribution in [2.75, 3.05) is 13.7 Å². The van der Waals surface area contributed by atoms with E-state index in [2.05, 4.69) is 15.0 Å². The van der Waals surface area contributed by atoms with Crippen LogP contribution in [0.25, 0.3) is 11.3 Å². The molecule has 1 saturated carbocycles. The Morgan fingerprint density at radius 1 is 1.24 bits per heavy atom. The van der Waals surface area contributed by atoms with Crippen molar-refractivity contribution < 1.29 is 23.4 Å². The van der Waals surface area contributed by atoms with Gasteiger partial charge >= 0.3 is 5.97 Å². The molecule has 4 rings (SSSR count). The highest BCUT2D eigenvalue weighted by Gasteiger charge is 2.34. The molecular weight excluding hydrogens is 461 g/mol. The highest BCUT2D eigenvalue weighted by atomic mass is 35.5. The van der Waals surface area contributed by atoms with E-state index in [0.717, 1.165) is 24.6 Å². The fourth-order valence-electron chi connectivity index (χ4n) is 3.81. The van der Waals surface area contributed by atoms with Crippen LogP contribution in [0.2, 0.25) is 5.15 Å². The molecule has 1 aliphatic carbocycles. The molecule has 0 saturated heterocycles. The molecule has 0 bridgehead atoms. The lowest BCUT2D eigenvalue weighted by molar-refractivity contribution is -0.143. The normalized spacial score (nSPS) is 13.9. The summed E-state index contributed by atoms with van der Waals surface area (Å²) in [5, 5.41) is 0.0465. The molecule has 9 heteroatoms. The van der Waals surface area contributed by atoms with Gasteiger partial charge in [0.15, 0.2) is 11.0 Å². The predicted molar refractivity (Wildman–Crippen MR) is 124 cm³/mol. The van der Waals surface area contributed by atoms with Gasteiger partial charge in [0, 0.05) is 11.6 Å². The van der Waals surface area contributed by atoms with Crippen molar-refractivity contribution >= 4 is 17.6 Å². The Labute approximate surface area is 202 Å². The number of rotatable bonds is 10. The average molecular weight is 486 g/mol. The van der Waals surface area contributed by atoms with E-state index >= 15 is 0 Å². The van der Waals surface area contributed by atoms with Crippen LogP contribution in [0.5, 0.6) is 11.6 Å². The highest BCUT2D eigenvalue weighted by Crippen LogP contribution is 2.45. The van der Waals surface area contributed by atoms with Crippen LogP contribution >= 0.6 is 11.6 Å². The molecule has 0 amide bonds. The minimum absolute atomic E-state index is 0.0465. The SMILES string of the molecule is CCOC(=O)C[C@H](c1cccc(OCc2cnc(-c3cc(OC)ncc3F)c(Cl)n2)c1)C1CC1. The summed E-state index contributed by atoms with van der Waals surface area (Å²) in [6.45, 7) is 2.32. The van der Waals surface area contributed by atoms with Crippen LogP contribution in [0.1, 0.15) is 43.4 Å². The van der Waals surface area contributed by atoms with Crippen molar-refractivity contribution in [3.05, 3.63) is 65.0 Å². The summed E-state index contributed by atoms with van der Waals surface area (Å²) in [6.07, 6.45) is 5.12. The molecule has 34 heavy (non-hydrogen) atoms. The summed E-state index contributed by atoms with van der Waals surface area (Å²) in [5.74, 6) is 0.741. The Kier molecular flexibility index (Phi) is 7.57. The van der Waals surface area contributed by atoms with Crippen molar-refractivity contribution in [1.82, 2.24) is 15.0 Å². The third kappa shape index (κ3) is 5.80. The maximum Gasteiger partial charge on any atom is 0.306 e. The number of carbonyl (C=O) groups is 1. The molecule has 1 fully saturated rings. The van der Waals surface area contributed by atoms with E-state index in [1.165, 1.54) is 19.4 Å². The highest BCUT2D eigenvalue weighted by molar-refractivity contribution is 6.31. The Hall–Kier alpha value is -3.26. The Morgan fingerprint density at radius 3 is 2.76 bits per heavy atom. The van der Waals surface area contributed by atoms with Gasteiger partial charge in [-0.2, -0.15) is 0 Å². The van der Waals surface area contributed by atoms with Gasteiger partial charge in [-0.05, 0) is 49.3 Å². The Morgan fingerprint density at radius 2 is 2.06 bits per heavy atom. The number of halogens is 2. The number of hydrogen-bond acceptors (Lipinski definition) is 7. The van der Waals surface area contributed by atoms with Crippen LogP contribution in [0.15, 0.2) is 42.7 Å². The van der Waals surface area contributed by atoms with Crippen molar-refractivity contribution in [2.24, 2.45) is 5.92 Å². The van der Waals surface area contributed by atoms with Crippen molar-refractivity contribution in [1.29, 1.82) is 0 Å². The van der Waals surface area contributed by atoms with Gasteiger partial charge in [-0.3, -0.25) is 9.78 Å². The lowest BCUT2D eigenvalue weighted by Crippen LogP contribution is -2.12. The largest absolute Gasteiger partial charge is 0.487 e. The van der Waals surface area contributed by atoms with Crippen molar-refractivity contribution in [3.63, 3.8) is 0 Å². The molecule has 0 radical (unpaired) electrons. The smallest absolute Gasteiger partial charge is 0.306 e. The number of benzene rings is 1. The maximum absolute atomic E-state index is 14.2. The van der Waals surface area contributed by atoms with Gasteiger partial charge < -0.3 is 14.2 Å². The molecule has 1 atom stereocenters. The van der Waals surface area contributed by atoms with E-state index < -0.39 is 5.82 Å². The fraction of sp³-hybridized carbons (Fsp3) is 0.360. The van der Waals surface area contributed by atoms with E-state index in [9.17, 15) is 9.18 Å². The zero-order chi connectivity index (χ0) is 24.1. The molecule has 2 aromatic heterocycles. The second-order valence-corrected chi connectivity index (χ2v) is 8.38. The lowest BCUT2D eigenvalue weighted by atomic mass is 9.91. The van der Waals surface area contributed by atoms with Crippen LogP contribution in [0.3, 0.4) is 0 Å². The van der Waals surface area contributed by atoms with Crippen LogP contribution in [-0.2, 0) is 16.1 Å². The third-order valence-corrected chi connectivity index (χ3v) is 5.89. The Balaban J connectivity index is 1.46. The number of pyridine rings is 1. The topological polar surface area (TPSA) is 83.4 Å². The molecule has 3 aromatic rings. The van der Waals surface area contributed by atoms with E-state index in [-0.39, 0.29) is 40.8 Å². The standard InChI is InChI=1S/C25H25ClFN3O4/c1-3-33-23(31)11-19(15-7-8-15)16-5-4-6-18(9-16)34-14-17-12-29-24(25(26)30-17)20-10-22(32-2)28-13-21(20)27/h4-6,9-10,12-13,15,19H,3,7-8,11,14H2,1-2H3/t19-/m0/s1. The summed E-state index contributed by atoms with van der Waals surface area (Å²) in [4.78, 5) is 24.5. The maximum atomic E-state index is 14.2. The van der Waals surface area contributed by atoms with Crippen molar-refractivity contribution in [2.45, 2.75) is 38.7 Å². The summed E-state index contributed by atoms with van der Waals surface area (Å²) < 4.78 is 30.3. The lowest BCUT2D eigenvalue weighted by Gasteiger charge is -2.17. The number of esters is 1. The van der Waals surface area contributed by atoms with Crippen LogP contribution in [-0.4, -0.2) is 34.6 Å². The predicted octanol–water partition coefficient (Wildman–Crippen LogP) is 5.37.